The van der Waals surface area contributed by atoms with Crippen molar-refractivity contribution in [2.24, 2.45) is 5.92 Å². The Balaban J connectivity index is 1.98. The zero-order chi connectivity index (χ0) is 12.5. The van der Waals surface area contributed by atoms with E-state index in [0.717, 1.165) is 25.8 Å². The second-order valence-corrected chi connectivity index (χ2v) is 4.12. The molecule has 0 aliphatic carbocycles. The molecule has 0 spiro atoms. The van der Waals surface area contributed by atoms with Crippen LogP contribution in [0.3, 0.4) is 0 Å². The predicted molar refractivity (Wildman–Crippen MR) is 63.8 cm³/mol. The van der Waals surface area contributed by atoms with Crippen LogP contribution in [0.15, 0.2) is 6.33 Å². The molecular weight excluding hydrogens is 218 g/mol. The number of rotatable bonds is 8. The first kappa shape index (κ1) is 13.6. The standard InChI is InChI=1S/C11H20N5O/c1-3-10(2)8-11(17)12-6-4-5-7-16-9-13-14-15-16/h8-10H,3-7H2,1-2H3,(H,12,17)/t10-/m1/s1. The Bertz CT molecular complexity index is 312. The maximum Gasteiger partial charge on any atom is 0.224 e. The van der Waals surface area contributed by atoms with Gasteiger partial charge in [-0.25, -0.2) is 4.68 Å². The topological polar surface area (TPSA) is 72.7 Å². The van der Waals surface area contributed by atoms with Gasteiger partial charge in [-0.05, 0) is 29.2 Å². The maximum absolute atomic E-state index is 11.4. The van der Waals surface area contributed by atoms with Crippen LogP contribution in [0.5, 0.6) is 0 Å². The number of aromatic nitrogens is 4. The van der Waals surface area contributed by atoms with Gasteiger partial charge >= 0.3 is 0 Å². The fourth-order valence-electron chi connectivity index (χ4n) is 1.33. The molecule has 1 radical (unpaired) electrons. The molecule has 0 unspecified atom stereocenters. The van der Waals surface area contributed by atoms with Crippen molar-refractivity contribution in [3.63, 3.8) is 0 Å². The first-order valence-corrected chi connectivity index (χ1v) is 6.06. The predicted octanol–water partition coefficient (Wildman–Crippen LogP) is 0.820. The first-order valence-electron chi connectivity index (χ1n) is 6.06. The Morgan fingerprint density at radius 2 is 2.35 bits per heavy atom. The van der Waals surface area contributed by atoms with E-state index >= 15 is 0 Å². The van der Waals surface area contributed by atoms with E-state index in [1.165, 1.54) is 0 Å². The van der Waals surface area contributed by atoms with Crippen molar-refractivity contribution in [3.8, 4) is 0 Å². The number of hydrogen-bond acceptors (Lipinski definition) is 4. The summed E-state index contributed by atoms with van der Waals surface area (Å²) >= 11 is 0. The molecule has 95 valence electrons. The van der Waals surface area contributed by atoms with Crippen LogP contribution in [-0.2, 0) is 11.3 Å². The normalized spacial score (nSPS) is 12.4. The number of unbranched alkanes of at least 4 members (excludes halogenated alkanes) is 1. The van der Waals surface area contributed by atoms with E-state index in [0.29, 0.717) is 12.5 Å². The van der Waals surface area contributed by atoms with Gasteiger partial charge in [-0.1, -0.05) is 20.3 Å². The lowest BCUT2D eigenvalue weighted by Gasteiger charge is -2.08. The minimum absolute atomic E-state index is 0.0294. The number of carbonyl (C=O) groups excluding carboxylic acids is 1. The van der Waals surface area contributed by atoms with Crippen molar-refractivity contribution in [2.45, 2.75) is 39.7 Å². The van der Waals surface area contributed by atoms with Gasteiger partial charge in [-0.2, -0.15) is 0 Å². The number of aryl methyl sites for hydroxylation is 1. The molecule has 1 N–H and O–H groups in total. The molecule has 1 amide bonds. The quantitative estimate of drug-likeness (QED) is 0.680. The van der Waals surface area contributed by atoms with Gasteiger partial charge in [0.2, 0.25) is 5.91 Å². The summed E-state index contributed by atoms with van der Waals surface area (Å²) in [5, 5.41) is 13.7. The van der Waals surface area contributed by atoms with E-state index in [1.54, 1.807) is 17.4 Å². The van der Waals surface area contributed by atoms with Gasteiger partial charge in [-0.15, -0.1) is 5.10 Å². The highest BCUT2D eigenvalue weighted by atomic mass is 16.1. The van der Waals surface area contributed by atoms with Crippen molar-refractivity contribution < 1.29 is 4.79 Å². The lowest BCUT2D eigenvalue weighted by Crippen LogP contribution is -2.26. The Kier molecular flexibility index (Phi) is 6.21. The molecule has 0 saturated heterocycles. The molecule has 1 atom stereocenters. The SMILES string of the molecule is CC[C@@H](C)[CH]C(=O)NCCCCn1cnnn1. The van der Waals surface area contributed by atoms with E-state index < -0.39 is 0 Å². The van der Waals surface area contributed by atoms with Crippen LogP contribution < -0.4 is 5.32 Å². The summed E-state index contributed by atoms with van der Waals surface area (Å²) in [6.45, 7) is 5.60. The maximum atomic E-state index is 11.4. The van der Waals surface area contributed by atoms with E-state index in [4.69, 9.17) is 0 Å². The summed E-state index contributed by atoms with van der Waals surface area (Å²) in [5.41, 5.74) is 0. The summed E-state index contributed by atoms with van der Waals surface area (Å²) < 4.78 is 1.69. The van der Waals surface area contributed by atoms with Gasteiger partial charge in [0.1, 0.15) is 6.33 Å². The summed E-state index contributed by atoms with van der Waals surface area (Å²) in [6.07, 6.45) is 6.21. The Hall–Kier alpha value is -1.46. The van der Waals surface area contributed by atoms with Gasteiger partial charge in [0.25, 0.3) is 0 Å². The van der Waals surface area contributed by atoms with Gasteiger partial charge in [0.05, 0.1) is 6.42 Å². The van der Waals surface area contributed by atoms with E-state index in [1.807, 2.05) is 6.92 Å². The average molecular weight is 238 g/mol. The molecule has 0 aliphatic rings. The molecule has 6 heteroatoms. The molecule has 0 aliphatic heterocycles. The number of amides is 1. The van der Waals surface area contributed by atoms with Crippen LogP contribution >= 0.6 is 0 Å². The highest BCUT2D eigenvalue weighted by Gasteiger charge is 2.06. The first-order chi connectivity index (χ1) is 8.22. The van der Waals surface area contributed by atoms with Crippen LogP contribution in [0.2, 0.25) is 0 Å². The van der Waals surface area contributed by atoms with E-state index in [-0.39, 0.29) is 5.91 Å². The van der Waals surface area contributed by atoms with Crippen LogP contribution in [0.25, 0.3) is 0 Å². The Labute approximate surface area is 102 Å². The molecule has 0 aromatic carbocycles. The molecule has 0 saturated carbocycles. The minimum atomic E-state index is 0.0294. The fraction of sp³-hybridized carbons (Fsp3) is 0.727. The lowest BCUT2D eigenvalue weighted by atomic mass is 10.1. The van der Waals surface area contributed by atoms with Crippen LogP contribution in [0, 0.1) is 12.3 Å². The van der Waals surface area contributed by atoms with Gasteiger partial charge in [0, 0.05) is 13.1 Å². The van der Waals surface area contributed by atoms with Crippen molar-refractivity contribution in [1.29, 1.82) is 0 Å². The third kappa shape index (κ3) is 5.99. The molecular formula is C11H20N5O. The molecule has 17 heavy (non-hydrogen) atoms. The Morgan fingerprint density at radius 1 is 1.53 bits per heavy atom. The lowest BCUT2D eigenvalue weighted by molar-refractivity contribution is -0.118. The number of hydrogen-bond donors (Lipinski definition) is 1. The summed E-state index contributed by atoms with van der Waals surface area (Å²) in [6, 6.07) is 0. The van der Waals surface area contributed by atoms with Crippen LogP contribution in [-0.4, -0.2) is 32.7 Å². The van der Waals surface area contributed by atoms with Crippen molar-refractivity contribution in [2.75, 3.05) is 6.54 Å². The monoisotopic (exact) mass is 238 g/mol. The molecule has 1 rings (SSSR count). The Morgan fingerprint density at radius 3 is 3.00 bits per heavy atom. The smallest absolute Gasteiger partial charge is 0.224 e. The second-order valence-electron chi connectivity index (χ2n) is 4.12. The molecule has 0 fully saturated rings. The van der Waals surface area contributed by atoms with Crippen molar-refractivity contribution in [3.05, 3.63) is 12.7 Å². The zero-order valence-electron chi connectivity index (χ0n) is 10.5. The molecule has 6 nitrogen and oxygen atoms in total. The molecule has 1 aromatic rings. The van der Waals surface area contributed by atoms with Gasteiger partial charge in [0.15, 0.2) is 0 Å². The highest BCUT2D eigenvalue weighted by molar-refractivity contribution is 5.84. The van der Waals surface area contributed by atoms with Crippen LogP contribution in [0.1, 0.15) is 33.1 Å². The second kappa shape index (κ2) is 7.76. The summed E-state index contributed by atoms with van der Waals surface area (Å²) in [4.78, 5) is 11.4. The summed E-state index contributed by atoms with van der Waals surface area (Å²) in [5.74, 6) is 0.373. The van der Waals surface area contributed by atoms with Crippen molar-refractivity contribution >= 4 is 5.91 Å². The van der Waals surface area contributed by atoms with Gasteiger partial charge in [-0.3, -0.25) is 4.79 Å². The fourth-order valence-corrected chi connectivity index (χ4v) is 1.33. The number of nitrogens with zero attached hydrogens (tertiary/aromatic N) is 4. The molecule has 1 aromatic heterocycles. The number of nitrogens with one attached hydrogen (secondary N) is 1. The minimum Gasteiger partial charge on any atom is -0.356 e. The highest BCUT2D eigenvalue weighted by Crippen LogP contribution is 2.04. The van der Waals surface area contributed by atoms with Gasteiger partial charge < -0.3 is 5.32 Å². The summed E-state index contributed by atoms with van der Waals surface area (Å²) in [7, 11) is 0. The molecule has 0 bridgehead atoms. The molecule has 1 heterocycles. The van der Waals surface area contributed by atoms with E-state index in [9.17, 15) is 4.79 Å². The number of carbonyl (C=O) groups is 1. The number of tetrazole rings is 1. The zero-order valence-corrected chi connectivity index (χ0v) is 10.5. The third-order valence-corrected chi connectivity index (χ3v) is 2.58. The van der Waals surface area contributed by atoms with Crippen molar-refractivity contribution in [1.82, 2.24) is 25.5 Å². The average Bonchev–Trinajstić information content (AvgIpc) is 2.81. The van der Waals surface area contributed by atoms with E-state index in [2.05, 4.69) is 27.8 Å². The third-order valence-electron chi connectivity index (χ3n) is 2.58. The largest absolute Gasteiger partial charge is 0.356 e. The van der Waals surface area contributed by atoms with Crippen LogP contribution in [0.4, 0.5) is 0 Å².